The number of aromatic nitrogens is 3. The number of likely N-dealkylation sites (N-methyl/N-ethyl adjacent to an activating group) is 1. The summed E-state index contributed by atoms with van der Waals surface area (Å²) in [5.74, 6) is -0.682. The molecule has 1 aliphatic carbocycles. The van der Waals surface area contributed by atoms with Crippen molar-refractivity contribution in [2.24, 2.45) is 11.8 Å². The molecule has 1 saturated carbocycles. The molecule has 0 aromatic carbocycles. The maximum absolute atomic E-state index is 12.0. The summed E-state index contributed by atoms with van der Waals surface area (Å²) in [5, 5.41) is 25.4. The van der Waals surface area contributed by atoms with Crippen molar-refractivity contribution >= 4 is 11.9 Å². The normalized spacial score (nSPS) is 19.2. The first-order chi connectivity index (χ1) is 11.5. The van der Waals surface area contributed by atoms with Crippen LogP contribution in [0.1, 0.15) is 25.0 Å². The van der Waals surface area contributed by atoms with E-state index >= 15 is 0 Å². The third-order valence-corrected chi connectivity index (χ3v) is 4.04. The number of hydrogen-bond donors (Lipinski definition) is 2. The number of aliphatic hydroxyl groups is 1. The van der Waals surface area contributed by atoms with Crippen LogP contribution in [0.15, 0.2) is 6.20 Å². The Labute approximate surface area is 140 Å². The standard InChI is InChI=1S/C15H24N4O5/c1-18(15(23)13-7-11(13)9-20)5-6-24-10-12-8-19(17-16-12)4-2-3-14(21)22/h8,11,13,20H,2-7,9-10H2,1H3,(H,21,22)/t11-,13+/m0/s1. The molecule has 134 valence electrons. The van der Waals surface area contributed by atoms with Crippen molar-refractivity contribution in [1.82, 2.24) is 19.9 Å². The third-order valence-electron chi connectivity index (χ3n) is 4.04. The Bertz CT molecular complexity index is 562. The summed E-state index contributed by atoms with van der Waals surface area (Å²) in [6.45, 7) is 1.75. The zero-order chi connectivity index (χ0) is 17.5. The van der Waals surface area contributed by atoms with E-state index in [1.165, 1.54) is 0 Å². The second kappa shape index (κ2) is 8.74. The molecule has 0 bridgehead atoms. The molecule has 0 radical (unpaired) electrons. The van der Waals surface area contributed by atoms with E-state index in [0.717, 1.165) is 6.42 Å². The minimum absolute atomic E-state index is 0.0364. The summed E-state index contributed by atoms with van der Waals surface area (Å²) in [7, 11) is 1.73. The first-order valence-electron chi connectivity index (χ1n) is 8.05. The number of carbonyl (C=O) groups is 2. The molecule has 1 aromatic heterocycles. The quantitative estimate of drug-likeness (QED) is 0.533. The number of amides is 1. The molecule has 0 unspecified atom stereocenters. The van der Waals surface area contributed by atoms with Gasteiger partial charge in [-0.15, -0.1) is 5.10 Å². The highest BCUT2D eigenvalue weighted by atomic mass is 16.5. The summed E-state index contributed by atoms with van der Waals surface area (Å²) in [5.41, 5.74) is 0.668. The number of aliphatic carboxylic acids is 1. The summed E-state index contributed by atoms with van der Waals surface area (Å²) in [6.07, 6.45) is 3.10. The van der Waals surface area contributed by atoms with Crippen LogP contribution in [-0.2, 0) is 27.5 Å². The van der Waals surface area contributed by atoms with Crippen LogP contribution in [0.5, 0.6) is 0 Å². The maximum Gasteiger partial charge on any atom is 0.303 e. The number of carboxylic acids is 1. The average Bonchev–Trinajstić information content (AvgIpc) is 3.21. The van der Waals surface area contributed by atoms with Gasteiger partial charge in [-0.1, -0.05) is 5.21 Å². The van der Waals surface area contributed by atoms with Gasteiger partial charge in [0, 0.05) is 39.1 Å². The summed E-state index contributed by atoms with van der Waals surface area (Å²) < 4.78 is 7.09. The molecule has 1 aromatic rings. The zero-order valence-electron chi connectivity index (χ0n) is 13.8. The van der Waals surface area contributed by atoms with Gasteiger partial charge in [0.15, 0.2) is 0 Å². The van der Waals surface area contributed by atoms with Crippen molar-refractivity contribution in [3.05, 3.63) is 11.9 Å². The molecular formula is C15H24N4O5. The van der Waals surface area contributed by atoms with Gasteiger partial charge in [0.2, 0.25) is 5.91 Å². The largest absolute Gasteiger partial charge is 0.481 e. The van der Waals surface area contributed by atoms with Crippen molar-refractivity contribution < 1.29 is 24.5 Å². The van der Waals surface area contributed by atoms with Crippen molar-refractivity contribution in [3.8, 4) is 0 Å². The number of nitrogens with zero attached hydrogens (tertiary/aromatic N) is 4. The van der Waals surface area contributed by atoms with Crippen LogP contribution in [0.3, 0.4) is 0 Å². The van der Waals surface area contributed by atoms with Crippen LogP contribution < -0.4 is 0 Å². The van der Waals surface area contributed by atoms with Gasteiger partial charge in [-0.2, -0.15) is 0 Å². The van der Waals surface area contributed by atoms with E-state index in [4.69, 9.17) is 14.9 Å². The van der Waals surface area contributed by atoms with Crippen molar-refractivity contribution in [3.63, 3.8) is 0 Å². The molecule has 2 rings (SSSR count). The summed E-state index contributed by atoms with van der Waals surface area (Å²) in [6, 6.07) is 0. The highest BCUT2D eigenvalue weighted by molar-refractivity contribution is 5.81. The van der Waals surface area contributed by atoms with Gasteiger partial charge in [-0.25, -0.2) is 0 Å². The molecule has 1 amide bonds. The van der Waals surface area contributed by atoms with Gasteiger partial charge >= 0.3 is 5.97 Å². The first kappa shape index (κ1) is 18.3. The van der Waals surface area contributed by atoms with Crippen LogP contribution in [0.4, 0.5) is 0 Å². The van der Waals surface area contributed by atoms with Crippen LogP contribution in [0, 0.1) is 11.8 Å². The Hall–Kier alpha value is -2.00. The molecule has 0 aliphatic heterocycles. The number of ether oxygens (including phenoxy) is 1. The van der Waals surface area contributed by atoms with E-state index in [2.05, 4.69) is 10.3 Å². The number of carboxylic acid groups (broad SMARTS) is 1. The molecule has 24 heavy (non-hydrogen) atoms. The Morgan fingerprint density at radius 3 is 2.96 bits per heavy atom. The monoisotopic (exact) mass is 340 g/mol. The predicted molar refractivity (Wildman–Crippen MR) is 82.9 cm³/mol. The minimum Gasteiger partial charge on any atom is -0.481 e. The van der Waals surface area contributed by atoms with Gasteiger partial charge in [0.1, 0.15) is 5.69 Å². The third kappa shape index (κ3) is 5.57. The molecule has 0 saturated heterocycles. The molecule has 2 N–H and O–H groups in total. The molecule has 9 heteroatoms. The van der Waals surface area contributed by atoms with Crippen LogP contribution >= 0.6 is 0 Å². The van der Waals surface area contributed by atoms with Gasteiger partial charge < -0.3 is 19.8 Å². The topological polar surface area (TPSA) is 118 Å². The van der Waals surface area contributed by atoms with Crippen LogP contribution in [0.2, 0.25) is 0 Å². The number of hydrogen-bond acceptors (Lipinski definition) is 6. The number of aliphatic hydroxyl groups excluding tert-OH is 1. The van der Waals surface area contributed by atoms with Crippen molar-refractivity contribution in [2.75, 3.05) is 26.8 Å². The lowest BCUT2D eigenvalue weighted by atomic mass is 10.3. The fraction of sp³-hybridized carbons (Fsp3) is 0.733. The SMILES string of the molecule is CN(CCOCc1cn(CCCC(=O)O)nn1)C(=O)[C@@H]1C[C@H]1CO. The number of rotatable bonds is 11. The van der Waals surface area contributed by atoms with Crippen molar-refractivity contribution in [2.45, 2.75) is 32.4 Å². The maximum atomic E-state index is 12.0. The lowest BCUT2D eigenvalue weighted by molar-refractivity contribution is -0.137. The average molecular weight is 340 g/mol. The van der Waals surface area contributed by atoms with Gasteiger partial charge in [-0.05, 0) is 18.8 Å². The smallest absolute Gasteiger partial charge is 0.303 e. The fourth-order valence-corrected chi connectivity index (χ4v) is 2.43. The van der Waals surface area contributed by atoms with Crippen LogP contribution in [0.25, 0.3) is 0 Å². The van der Waals surface area contributed by atoms with E-state index in [-0.39, 0.29) is 30.8 Å². The molecule has 9 nitrogen and oxygen atoms in total. The second-order valence-corrected chi connectivity index (χ2v) is 6.07. The first-order valence-corrected chi connectivity index (χ1v) is 8.05. The highest BCUT2D eigenvalue weighted by Gasteiger charge is 2.43. The van der Waals surface area contributed by atoms with Gasteiger partial charge in [-0.3, -0.25) is 14.3 Å². The van der Waals surface area contributed by atoms with E-state index in [9.17, 15) is 9.59 Å². The summed E-state index contributed by atoms with van der Waals surface area (Å²) in [4.78, 5) is 24.1. The molecule has 1 aliphatic rings. The molecular weight excluding hydrogens is 316 g/mol. The van der Waals surface area contributed by atoms with E-state index < -0.39 is 5.97 Å². The number of carbonyl (C=O) groups excluding carboxylic acids is 1. The van der Waals surface area contributed by atoms with E-state index in [1.54, 1.807) is 22.8 Å². The molecule has 2 atom stereocenters. The van der Waals surface area contributed by atoms with E-state index in [0.29, 0.717) is 38.4 Å². The van der Waals surface area contributed by atoms with E-state index in [1.807, 2.05) is 0 Å². The van der Waals surface area contributed by atoms with Gasteiger partial charge in [0.25, 0.3) is 0 Å². The lowest BCUT2D eigenvalue weighted by Crippen LogP contribution is -2.32. The second-order valence-electron chi connectivity index (χ2n) is 6.07. The van der Waals surface area contributed by atoms with Crippen molar-refractivity contribution in [1.29, 1.82) is 0 Å². The Morgan fingerprint density at radius 2 is 2.29 bits per heavy atom. The predicted octanol–water partition coefficient (Wildman–Crippen LogP) is -0.254. The highest BCUT2D eigenvalue weighted by Crippen LogP contribution is 2.39. The molecule has 1 heterocycles. The summed E-state index contributed by atoms with van der Waals surface area (Å²) >= 11 is 0. The Kier molecular flexibility index (Phi) is 6.68. The Balaban J connectivity index is 1.59. The van der Waals surface area contributed by atoms with Gasteiger partial charge in [0.05, 0.1) is 19.4 Å². The number of aryl methyl sites for hydroxylation is 1. The minimum atomic E-state index is -0.825. The fourth-order valence-electron chi connectivity index (χ4n) is 2.43. The molecule has 0 spiro atoms. The Morgan fingerprint density at radius 1 is 1.50 bits per heavy atom. The molecule has 1 fully saturated rings. The lowest BCUT2D eigenvalue weighted by Gasteiger charge is -2.16. The van der Waals surface area contributed by atoms with Crippen LogP contribution in [-0.4, -0.2) is 68.8 Å². The zero-order valence-corrected chi connectivity index (χ0v) is 13.8.